The summed E-state index contributed by atoms with van der Waals surface area (Å²) in [6.45, 7) is 1.94. The van der Waals surface area contributed by atoms with Crippen LogP contribution < -0.4 is 5.32 Å². The van der Waals surface area contributed by atoms with Crippen molar-refractivity contribution < 1.29 is 9.53 Å². The van der Waals surface area contributed by atoms with E-state index in [1.54, 1.807) is 7.11 Å². The molecule has 1 heterocycles. The summed E-state index contributed by atoms with van der Waals surface area (Å²) < 4.78 is 7.22. The Morgan fingerprint density at radius 3 is 2.64 bits per heavy atom. The average molecular weight is 336 g/mol. The van der Waals surface area contributed by atoms with E-state index in [-0.39, 0.29) is 5.91 Å². The molecular formula is C21H24N2O2. The van der Waals surface area contributed by atoms with Gasteiger partial charge in [0.25, 0.3) is 0 Å². The van der Waals surface area contributed by atoms with Gasteiger partial charge in [0, 0.05) is 43.7 Å². The normalized spacial score (nSPS) is 10.9. The van der Waals surface area contributed by atoms with Crippen molar-refractivity contribution in [1.29, 1.82) is 0 Å². The molecule has 3 rings (SSSR count). The Balaban J connectivity index is 1.74. The molecule has 0 bridgehead atoms. The second-order valence-electron chi connectivity index (χ2n) is 6.13. The van der Waals surface area contributed by atoms with Gasteiger partial charge >= 0.3 is 0 Å². The number of carbonyl (C=O) groups is 1. The third kappa shape index (κ3) is 4.48. The highest BCUT2D eigenvalue weighted by Crippen LogP contribution is 2.23. The number of rotatable bonds is 8. The number of aryl methyl sites for hydroxylation is 1. The standard InChI is InChI=1S/C21H24N2O2/c1-25-14-13-22-21(24)12-11-18-16-23(15-17-7-3-2-4-8-17)20-10-6-5-9-19(18)20/h2-10,16H,11-15H2,1H3,(H,22,24). The van der Waals surface area contributed by atoms with Crippen molar-refractivity contribution in [3.05, 3.63) is 71.9 Å². The van der Waals surface area contributed by atoms with E-state index in [2.05, 4.69) is 64.6 Å². The molecule has 0 saturated heterocycles. The minimum Gasteiger partial charge on any atom is -0.383 e. The Kier molecular flexibility index (Phi) is 5.86. The zero-order valence-electron chi connectivity index (χ0n) is 14.6. The van der Waals surface area contributed by atoms with Crippen LogP contribution in [0.2, 0.25) is 0 Å². The van der Waals surface area contributed by atoms with Crippen LogP contribution >= 0.6 is 0 Å². The molecule has 0 unspecified atom stereocenters. The van der Waals surface area contributed by atoms with Gasteiger partial charge < -0.3 is 14.6 Å². The van der Waals surface area contributed by atoms with Gasteiger partial charge in [-0.2, -0.15) is 0 Å². The van der Waals surface area contributed by atoms with Crippen LogP contribution in [0.5, 0.6) is 0 Å². The van der Waals surface area contributed by atoms with Crippen LogP contribution in [0.15, 0.2) is 60.8 Å². The van der Waals surface area contributed by atoms with Crippen LogP contribution in [-0.4, -0.2) is 30.7 Å². The minimum absolute atomic E-state index is 0.0666. The molecule has 0 aliphatic rings. The van der Waals surface area contributed by atoms with E-state index in [1.165, 1.54) is 22.0 Å². The van der Waals surface area contributed by atoms with Crippen LogP contribution in [0.4, 0.5) is 0 Å². The van der Waals surface area contributed by atoms with E-state index < -0.39 is 0 Å². The fourth-order valence-electron chi connectivity index (χ4n) is 3.06. The topological polar surface area (TPSA) is 43.3 Å². The van der Waals surface area contributed by atoms with Gasteiger partial charge in [-0.15, -0.1) is 0 Å². The number of nitrogens with one attached hydrogen (secondary N) is 1. The molecule has 0 aliphatic carbocycles. The Morgan fingerprint density at radius 1 is 1.08 bits per heavy atom. The number of nitrogens with zero attached hydrogens (tertiary/aromatic N) is 1. The van der Waals surface area contributed by atoms with Gasteiger partial charge in [0.15, 0.2) is 0 Å². The Labute approximate surface area is 148 Å². The maximum absolute atomic E-state index is 12.0. The lowest BCUT2D eigenvalue weighted by Crippen LogP contribution is -2.27. The van der Waals surface area contributed by atoms with Crippen LogP contribution in [0.25, 0.3) is 10.9 Å². The van der Waals surface area contributed by atoms with Crippen LogP contribution in [0, 0.1) is 0 Å². The molecule has 0 spiro atoms. The molecule has 0 radical (unpaired) electrons. The van der Waals surface area contributed by atoms with Gasteiger partial charge in [-0.1, -0.05) is 48.5 Å². The van der Waals surface area contributed by atoms with E-state index in [4.69, 9.17) is 4.74 Å². The molecular weight excluding hydrogens is 312 g/mol. The maximum Gasteiger partial charge on any atom is 0.220 e. The number of aromatic nitrogens is 1. The van der Waals surface area contributed by atoms with E-state index in [0.29, 0.717) is 19.6 Å². The summed E-state index contributed by atoms with van der Waals surface area (Å²) in [5.41, 5.74) is 3.70. The molecule has 1 aromatic heterocycles. The van der Waals surface area contributed by atoms with Gasteiger partial charge in [-0.05, 0) is 23.6 Å². The fourth-order valence-corrected chi connectivity index (χ4v) is 3.06. The van der Waals surface area contributed by atoms with Crippen molar-refractivity contribution in [2.75, 3.05) is 20.3 Å². The van der Waals surface area contributed by atoms with Crippen molar-refractivity contribution in [2.24, 2.45) is 0 Å². The summed E-state index contributed by atoms with van der Waals surface area (Å²) in [6.07, 6.45) is 3.41. The van der Waals surface area contributed by atoms with Crippen LogP contribution in [-0.2, 0) is 22.5 Å². The first-order valence-electron chi connectivity index (χ1n) is 8.64. The molecule has 4 heteroatoms. The molecule has 130 valence electrons. The number of para-hydroxylation sites is 1. The Bertz CT molecular complexity index is 824. The second-order valence-corrected chi connectivity index (χ2v) is 6.13. The third-order valence-corrected chi connectivity index (χ3v) is 4.32. The lowest BCUT2D eigenvalue weighted by atomic mass is 10.1. The molecule has 0 fully saturated rings. The highest BCUT2D eigenvalue weighted by molar-refractivity contribution is 5.85. The molecule has 25 heavy (non-hydrogen) atoms. The number of fused-ring (bicyclic) bond motifs is 1. The number of carbonyl (C=O) groups excluding carboxylic acids is 1. The molecule has 2 aromatic carbocycles. The molecule has 0 saturated carbocycles. The van der Waals surface area contributed by atoms with Crippen LogP contribution in [0.3, 0.4) is 0 Å². The number of hydrogen-bond donors (Lipinski definition) is 1. The number of ether oxygens (including phenoxy) is 1. The van der Waals surface area contributed by atoms with Crippen molar-refractivity contribution in [3.8, 4) is 0 Å². The quantitative estimate of drug-likeness (QED) is 0.641. The predicted molar refractivity (Wildman–Crippen MR) is 101 cm³/mol. The smallest absolute Gasteiger partial charge is 0.220 e. The Hall–Kier alpha value is -2.59. The predicted octanol–water partition coefficient (Wildman–Crippen LogP) is 3.38. The van der Waals surface area contributed by atoms with Gasteiger partial charge in [0.2, 0.25) is 5.91 Å². The Morgan fingerprint density at radius 2 is 1.84 bits per heavy atom. The summed E-state index contributed by atoms with van der Waals surface area (Å²) in [7, 11) is 1.63. The summed E-state index contributed by atoms with van der Waals surface area (Å²) in [6, 6.07) is 18.8. The van der Waals surface area contributed by atoms with Crippen molar-refractivity contribution >= 4 is 16.8 Å². The van der Waals surface area contributed by atoms with Gasteiger partial charge in [-0.25, -0.2) is 0 Å². The van der Waals surface area contributed by atoms with E-state index in [0.717, 1.165) is 13.0 Å². The van der Waals surface area contributed by atoms with Crippen LogP contribution in [0.1, 0.15) is 17.5 Å². The summed E-state index contributed by atoms with van der Waals surface area (Å²) in [5, 5.41) is 4.10. The highest BCUT2D eigenvalue weighted by Gasteiger charge is 2.10. The van der Waals surface area contributed by atoms with E-state index in [9.17, 15) is 4.79 Å². The van der Waals surface area contributed by atoms with Crippen molar-refractivity contribution in [3.63, 3.8) is 0 Å². The zero-order valence-corrected chi connectivity index (χ0v) is 14.6. The number of hydrogen-bond acceptors (Lipinski definition) is 2. The lowest BCUT2D eigenvalue weighted by molar-refractivity contribution is -0.121. The average Bonchev–Trinajstić information content (AvgIpc) is 2.99. The number of benzene rings is 2. The first kappa shape index (κ1) is 17.2. The van der Waals surface area contributed by atoms with E-state index in [1.807, 2.05) is 6.07 Å². The summed E-state index contributed by atoms with van der Waals surface area (Å²) in [5.74, 6) is 0.0666. The first-order valence-corrected chi connectivity index (χ1v) is 8.64. The van der Waals surface area contributed by atoms with Crippen molar-refractivity contribution in [1.82, 2.24) is 9.88 Å². The summed E-state index contributed by atoms with van der Waals surface area (Å²) >= 11 is 0. The maximum atomic E-state index is 12.0. The number of amides is 1. The van der Waals surface area contributed by atoms with Crippen molar-refractivity contribution in [2.45, 2.75) is 19.4 Å². The first-order chi connectivity index (χ1) is 12.3. The number of methoxy groups -OCH3 is 1. The third-order valence-electron chi connectivity index (χ3n) is 4.32. The van der Waals surface area contributed by atoms with E-state index >= 15 is 0 Å². The SMILES string of the molecule is COCCNC(=O)CCc1cn(Cc2ccccc2)c2ccccc12. The van der Waals surface area contributed by atoms with Gasteiger partial charge in [0.1, 0.15) is 0 Å². The summed E-state index contributed by atoms with van der Waals surface area (Å²) in [4.78, 5) is 12.0. The molecule has 4 nitrogen and oxygen atoms in total. The molecule has 1 N–H and O–H groups in total. The second kappa shape index (κ2) is 8.49. The lowest BCUT2D eigenvalue weighted by Gasteiger charge is -2.05. The zero-order chi connectivity index (χ0) is 17.5. The van der Waals surface area contributed by atoms with Gasteiger partial charge in [0.05, 0.1) is 6.61 Å². The van der Waals surface area contributed by atoms with Gasteiger partial charge in [-0.3, -0.25) is 4.79 Å². The molecule has 1 amide bonds. The molecule has 3 aromatic rings. The fraction of sp³-hybridized carbons (Fsp3) is 0.286. The molecule has 0 atom stereocenters. The minimum atomic E-state index is 0.0666. The highest BCUT2D eigenvalue weighted by atomic mass is 16.5. The monoisotopic (exact) mass is 336 g/mol. The molecule has 0 aliphatic heterocycles. The largest absolute Gasteiger partial charge is 0.383 e.